The van der Waals surface area contributed by atoms with Crippen molar-refractivity contribution in [3.63, 3.8) is 0 Å². The topological polar surface area (TPSA) is 139 Å². The van der Waals surface area contributed by atoms with Gasteiger partial charge in [-0.15, -0.1) is 24.9 Å². The van der Waals surface area contributed by atoms with E-state index < -0.39 is 91.7 Å². The second-order valence-corrected chi connectivity index (χ2v) is 27.4. The van der Waals surface area contributed by atoms with E-state index in [1.165, 1.54) is 24.0 Å². The third-order valence-electron chi connectivity index (χ3n) is 17.5. The van der Waals surface area contributed by atoms with Gasteiger partial charge < -0.3 is 29.4 Å². The number of phenolic OH excluding ortho intramolecular Hbond substituents is 2. The minimum absolute atomic E-state index is 0.00469. The average Bonchev–Trinajstić information content (AvgIpc) is 1.72. The van der Waals surface area contributed by atoms with Gasteiger partial charge in [-0.05, 0) is 102 Å². The number of nitrogens with zero attached hydrogens (tertiary/aromatic N) is 3. The first-order valence-corrected chi connectivity index (χ1v) is 32.0. The molecule has 19 heteroatoms. The summed E-state index contributed by atoms with van der Waals surface area (Å²) in [5.41, 5.74) is -1.45. The Morgan fingerprint density at radius 1 is 0.674 bits per heavy atom. The Bertz CT molecular complexity index is 3520. The zero-order valence-corrected chi connectivity index (χ0v) is 52.5. The van der Waals surface area contributed by atoms with Crippen molar-refractivity contribution >= 4 is 85.8 Å². The number of hydrogen-bond acceptors (Lipinski definition) is 12. The smallest absolute Gasteiger partial charge is 0.306 e. The highest BCUT2D eigenvalue weighted by molar-refractivity contribution is 8.24. The largest absolute Gasteiger partial charge is 0.508 e. The predicted molar refractivity (Wildman–Crippen MR) is 348 cm³/mol. The van der Waals surface area contributed by atoms with Gasteiger partial charge in [-0.2, -0.15) is 8.78 Å². The summed E-state index contributed by atoms with van der Waals surface area (Å²) in [5.74, 6) is -12.8. The van der Waals surface area contributed by atoms with Gasteiger partial charge in [0.1, 0.15) is 11.0 Å². The number of aromatic hydroxyl groups is 2. The van der Waals surface area contributed by atoms with Gasteiger partial charge in [0.2, 0.25) is 34.5 Å². The van der Waals surface area contributed by atoms with E-state index in [2.05, 4.69) is 35.0 Å². The Labute approximate surface area is 536 Å². The summed E-state index contributed by atoms with van der Waals surface area (Å²) in [5, 5.41) is 17.7. The number of para-hydroxylation sites is 1. The number of carbonyl (C=O) groups is 4. The number of imide groups is 1. The van der Waals surface area contributed by atoms with Gasteiger partial charge in [-0.25, -0.2) is 26.8 Å². The van der Waals surface area contributed by atoms with Crippen LogP contribution < -0.4 is 4.90 Å². The Hall–Kier alpha value is -7.42. The Morgan fingerprint density at radius 3 is 1.72 bits per heavy atom. The van der Waals surface area contributed by atoms with E-state index in [0.29, 0.717) is 27.4 Å². The van der Waals surface area contributed by atoms with Crippen molar-refractivity contribution in [2.24, 2.45) is 41.4 Å². The second-order valence-electron chi connectivity index (χ2n) is 23.7. The number of amides is 2. The molecule has 1 saturated heterocycles. The standard InChI is InChI=1S/C70H69F4N3O8S4/c1-7-42-34-48(25-24-43-36-44(8-2)49(37-43)40-84-56(80)31-33-70(4,76-6)39-54(88-67(86)46-18-12-9-13-19-46)58-59(71)61(73)63(81)62(74)60(58)72)50(35-42)41-85-55(79)30-32-69(3,75-5)38-53(45-26-28-52(78)29-27-45)57-64(89-68(87)47-20-14-10-15-21-47)66(83)77(65(57)82)51-22-16-11-17-23-51/h7-29,42-44,48-50,53-54,57,64,78,81H,1-2,30-41H2,3-4H3/b25-24-. The highest BCUT2D eigenvalue weighted by Crippen LogP contribution is 2.49. The number of thiocarbonyl (C=S) groups is 2. The number of anilines is 1. The molecule has 11 nitrogen and oxygen atoms in total. The molecule has 2 saturated carbocycles. The van der Waals surface area contributed by atoms with Gasteiger partial charge in [-0.1, -0.05) is 151 Å². The van der Waals surface area contributed by atoms with Crippen LogP contribution in [0, 0.1) is 77.8 Å². The van der Waals surface area contributed by atoms with Crippen molar-refractivity contribution in [2.45, 2.75) is 106 Å². The molecule has 2 N–H and O–H groups in total. The number of halogens is 4. The average molecular weight is 1280 g/mol. The van der Waals surface area contributed by atoms with Crippen LogP contribution in [0.2, 0.25) is 0 Å². The van der Waals surface area contributed by atoms with Gasteiger partial charge in [-0.3, -0.25) is 19.2 Å². The summed E-state index contributed by atoms with van der Waals surface area (Å²) < 4.78 is 72.7. The summed E-state index contributed by atoms with van der Waals surface area (Å²) >= 11 is 13.3. The van der Waals surface area contributed by atoms with E-state index in [9.17, 15) is 38.2 Å². The minimum Gasteiger partial charge on any atom is -0.508 e. The molecule has 2 aliphatic carbocycles. The van der Waals surface area contributed by atoms with Crippen LogP contribution >= 0.6 is 48.0 Å². The second kappa shape index (κ2) is 30.4. The molecule has 89 heavy (non-hydrogen) atoms. The maximum Gasteiger partial charge on any atom is 0.306 e. The van der Waals surface area contributed by atoms with Crippen LogP contribution in [0.15, 0.2) is 153 Å². The van der Waals surface area contributed by atoms with Crippen LogP contribution in [-0.2, 0) is 28.7 Å². The lowest BCUT2D eigenvalue weighted by Gasteiger charge is -2.30. The number of hydrogen-bond donors (Lipinski definition) is 2. The highest BCUT2D eigenvalue weighted by atomic mass is 32.2. The fourth-order valence-corrected chi connectivity index (χ4v) is 15.8. The van der Waals surface area contributed by atoms with Crippen LogP contribution in [0.1, 0.15) is 111 Å². The first-order chi connectivity index (χ1) is 42.6. The first-order valence-electron chi connectivity index (χ1n) is 29.4. The fraction of sp³-hybridized carbons (Fsp3) is 0.371. The molecule has 0 bridgehead atoms. The lowest BCUT2D eigenvalue weighted by molar-refractivity contribution is -0.146. The normalized spacial score (nSPS) is 22.7. The van der Waals surface area contributed by atoms with Gasteiger partial charge in [0.05, 0.1) is 46.1 Å². The molecule has 2 amide bonds. The summed E-state index contributed by atoms with van der Waals surface area (Å²) in [6, 6.07) is 32.7. The third kappa shape index (κ3) is 16.5. The highest BCUT2D eigenvalue weighted by Gasteiger charge is 2.55. The van der Waals surface area contributed by atoms with Crippen LogP contribution in [0.4, 0.5) is 23.2 Å². The molecule has 5 aromatic rings. The van der Waals surface area contributed by atoms with E-state index in [0.717, 1.165) is 48.3 Å². The molecule has 12 atom stereocenters. The van der Waals surface area contributed by atoms with Crippen LogP contribution in [0.3, 0.4) is 0 Å². The number of allylic oxidation sites excluding steroid dienone is 4. The van der Waals surface area contributed by atoms with Crippen molar-refractivity contribution in [3.05, 3.63) is 221 Å². The zero-order chi connectivity index (χ0) is 64.2. The van der Waals surface area contributed by atoms with Gasteiger partial charge in [0.15, 0.2) is 17.4 Å². The van der Waals surface area contributed by atoms with Gasteiger partial charge >= 0.3 is 11.9 Å². The molecule has 0 spiro atoms. The molecule has 1 heterocycles. The van der Waals surface area contributed by atoms with Crippen LogP contribution in [0.5, 0.6) is 11.5 Å². The Morgan fingerprint density at radius 2 is 1.18 bits per heavy atom. The summed E-state index contributed by atoms with van der Waals surface area (Å²) in [6.07, 6.45) is 10.4. The molecule has 0 aromatic heterocycles. The Kier molecular flexibility index (Phi) is 23.1. The van der Waals surface area contributed by atoms with Crippen LogP contribution in [0.25, 0.3) is 9.69 Å². The van der Waals surface area contributed by atoms with Gasteiger partial charge in [0, 0.05) is 56.3 Å². The maximum absolute atomic E-state index is 15.4. The molecule has 3 fully saturated rings. The quantitative estimate of drug-likeness (QED) is 0.0104. The first kappa shape index (κ1) is 67.5. The molecule has 3 aliphatic rings. The van der Waals surface area contributed by atoms with Crippen molar-refractivity contribution in [1.29, 1.82) is 0 Å². The Balaban J connectivity index is 0.871. The maximum atomic E-state index is 15.4. The third-order valence-corrected chi connectivity index (χ3v) is 20.9. The van der Waals surface area contributed by atoms with E-state index in [-0.39, 0.29) is 97.2 Å². The SMILES string of the molecule is [C-]#[N+]C(C)(CCC(=O)OCC1CC(/C=C\C2CC(C=C)CC2COC(=O)CCC(C)(CC(c2ccc(O)cc2)C2C(=O)N(c3ccccc3)C(=O)C2SC(=S)c2ccccc2)[N+]#[C-])CC1C=C)CC(SC(=S)c1ccccc1)c1c(F)c(F)c(O)c(F)c1F. The molecule has 0 radical (unpaired) electrons. The summed E-state index contributed by atoms with van der Waals surface area (Å²) in [7, 11) is 0. The number of phenols is 2. The summed E-state index contributed by atoms with van der Waals surface area (Å²) in [6.45, 7) is 28.1. The number of benzene rings is 5. The summed E-state index contributed by atoms with van der Waals surface area (Å²) in [4.78, 5) is 65.5. The molecular weight excluding hydrogens is 1220 g/mol. The number of carbonyl (C=O) groups excluding carboxylic acids is 4. The van der Waals surface area contributed by atoms with Crippen LogP contribution in [-0.4, -0.2) is 71.9 Å². The fourth-order valence-electron chi connectivity index (χ4n) is 12.4. The molecule has 12 unspecified atom stereocenters. The molecular formula is C70H69F4N3O8S4. The number of esters is 2. The number of thioether (sulfide) groups is 2. The van der Waals surface area contributed by atoms with Crippen molar-refractivity contribution in [1.82, 2.24) is 0 Å². The minimum atomic E-state index is -1.98. The van der Waals surface area contributed by atoms with Crippen molar-refractivity contribution < 1.29 is 56.4 Å². The van der Waals surface area contributed by atoms with E-state index in [4.69, 9.17) is 47.1 Å². The van der Waals surface area contributed by atoms with E-state index in [1.54, 1.807) is 79.7 Å². The molecule has 5 aromatic carbocycles. The van der Waals surface area contributed by atoms with Crippen molar-refractivity contribution in [2.75, 3.05) is 18.1 Å². The van der Waals surface area contributed by atoms with E-state index >= 15 is 8.78 Å². The number of rotatable bonds is 26. The predicted octanol–water partition coefficient (Wildman–Crippen LogP) is 16.3. The van der Waals surface area contributed by atoms with Gasteiger partial charge in [0.25, 0.3) is 0 Å². The monoisotopic (exact) mass is 1280 g/mol. The molecule has 8 rings (SSSR count). The zero-order valence-electron chi connectivity index (χ0n) is 49.3. The van der Waals surface area contributed by atoms with E-state index in [1.807, 2.05) is 42.5 Å². The molecule has 464 valence electrons. The lowest BCUT2D eigenvalue weighted by Crippen LogP contribution is -2.34. The number of ether oxygens (including phenoxy) is 2. The van der Waals surface area contributed by atoms with Crippen molar-refractivity contribution in [3.8, 4) is 11.5 Å². The molecule has 1 aliphatic heterocycles. The lowest BCUT2D eigenvalue weighted by atomic mass is 9.75.